The molecule has 0 unspecified atom stereocenters. The van der Waals surface area contributed by atoms with Gasteiger partial charge in [-0.15, -0.1) is 0 Å². The number of carbonyl (C=O) groups excluding carboxylic acids is 2. The van der Waals surface area contributed by atoms with Crippen LogP contribution in [0.25, 0.3) is 0 Å². The normalized spacial score (nSPS) is 21.4. The molecule has 1 aromatic heterocycles. The average Bonchev–Trinajstić information content (AvgIpc) is 2.90. The molecule has 132 valence electrons. The number of pyridine rings is 1. The lowest BCUT2D eigenvalue weighted by Crippen LogP contribution is -2.48. The third-order valence-corrected chi connectivity index (χ3v) is 4.65. The van der Waals surface area contributed by atoms with Crippen molar-refractivity contribution in [2.24, 2.45) is 0 Å². The van der Waals surface area contributed by atoms with E-state index in [1.807, 2.05) is 0 Å². The van der Waals surface area contributed by atoms with Crippen LogP contribution in [0.15, 0.2) is 12.1 Å². The number of carbonyl (C=O) groups is 3. The lowest BCUT2D eigenvalue weighted by molar-refractivity contribution is -0.118. The monoisotopic (exact) mass is 348 g/mol. The number of ether oxygens (including phenoxy) is 2. The zero-order valence-electron chi connectivity index (χ0n) is 13.2. The van der Waals surface area contributed by atoms with Gasteiger partial charge in [0.25, 0.3) is 5.91 Å². The molecular weight excluding hydrogens is 332 g/mol. The van der Waals surface area contributed by atoms with E-state index in [4.69, 9.17) is 14.6 Å². The van der Waals surface area contributed by atoms with Crippen LogP contribution in [0.1, 0.15) is 12.8 Å². The van der Waals surface area contributed by atoms with Crippen molar-refractivity contribution in [3.05, 3.63) is 12.1 Å². The molecule has 3 aliphatic rings. The average molecular weight is 348 g/mol. The number of piperidine rings is 1. The number of likely N-dealkylation sites (tertiary alicyclic amines) is 1. The van der Waals surface area contributed by atoms with Gasteiger partial charge in [-0.1, -0.05) is 0 Å². The predicted octanol–water partition coefficient (Wildman–Crippen LogP) is 0.882. The lowest BCUT2D eigenvalue weighted by atomic mass is 9.91. The molecule has 0 aromatic carbocycles. The number of hydrogen-bond acceptors (Lipinski definition) is 6. The molecule has 4 heterocycles. The van der Waals surface area contributed by atoms with Crippen molar-refractivity contribution in [1.82, 2.24) is 9.88 Å². The van der Waals surface area contributed by atoms with Crippen LogP contribution in [0.2, 0.25) is 0 Å². The number of fused-ring (bicyclic) bond motifs is 1. The predicted molar refractivity (Wildman–Crippen MR) is 83.8 cm³/mol. The number of hydrogen-bond donors (Lipinski definition) is 2. The Labute approximate surface area is 142 Å². The standard InChI is InChI=1S/C15H16N4O6/c20-11-7-24-9-1-2-10(16-12(9)17-11)19-8-15(25-14(19)23)3-5-18(6-4-15)13(21)22/h1-2H,3-8H2,(H,21,22)(H,16,17,20). The number of nitrogens with one attached hydrogen (secondary N) is 1. The number of carboxylic acid groups (broad SMARTS) is 1. The van der Waals surface area contributed by atoms with E-state index in [0.717, 1.165) is 0 Å². The van der Waals surface area contributed by atoms with Crippen molar-refractivity contribution in [3.8, 4) is 5.75 Å². The molecule has 3 amide bonds. The summed E-state index contributed by atoms with van der Waals surface area (Å²) in [5, 5.41) is 11.6. The molecule has 10 nitrogen and oxygen atoms in total. The SMILES string of the molecule is O=C1COc2ccc(N3CC4(CCN(C(=O)O)CC4)OC3=O)nc2N1. The molecule has 2 saturated heterocycles. The second-order valence-electron chi connectivity index (χ2n) is 6.26. The summed E-state index contributed by atoms with van der Waals surface area (Å²) < 4.78 is 10.8. The van der Waals surface area contributed by atoms with Crippen molar-refractivity contribution in [2.75, 3.05) is 36.5 Å². The zero-order chi connectivity index (χ0) is 17.6. The van der Waals surface area contributed by atoms with Crippen LogP contribution in [0.5, 0.6) is 5.75 Å². The molecule has 0 atom stereocenters. The van der Waals surface area contributed by atoms with Crippen molar-refractivity contribution in [3.63, 3.8) is 0 Å². The maximum Gasteiger partial charge on any atom is 0.416 e. The second kappa shape index (κ2) is 5.50. The van der Waals surface area contributed by atoms with Crippen molar-refractivity contribution in [1.29, 1.82) is 0 Å². The molecule has 4 rings (SSSR count). The molecule has 1 aromatic rings. The number of nitrogens with zero attached hydrogens (tertiary/aromatic N) is 3. The van der Waals surface area contributed by atoms with Gasteiger partial charge in [-0.2, -0.15) is 0 Å². The first-order chi connectivity index (χ1) is 12.0. The van der Waals surface area contributed by atoms with Crippen LogP contribution >= 0.6 is 0 Å². The fraction of sp³-hybridized carbons (Fsp3) is 0.467. The summed E-state index contributed by atoms with van der Waals surface area (Å²) in [6.45, 7) is 0.860. The minimum atomic E-state index is -0.969. The van der Waals surface area contributed by atoms with E-state index >= 15 is 0 Å². The van der Waals surface area contributed by atoms with Crippen LogP contribution in [0.4, 0.5) is 21.2 Å². The van der Waals surface area contributed by atoms with Gasteiger partial charge in [0.1, 0.15) is 11.4 Å². The minimum absolute atomic E-state index is 0.0665. The first-order valence-corrected chi connectivity index (χ1v) is 7.88. The van der Waals surface area contributed by atoms with Crippen LogP contribution in [-0.4, -0.2) is 64.9 Å². The van der Waals surface area contributed by atoms with Gasteiger partial charge < -0.3 is 24.8 Å². The Morgan fingerprint density at radius 3 is 2.76 bits per heavy atom. The van der Waals surface area contributed by atoms with Gasteiger partial charge in [0, 0.05) is 25.9 Å². The molecule has 3 aliphatic heterocycles. The van der Waals surface area contributed by atoms with Crippen LogP contribution in [0.3, 0.4) is 0 Å². The highest BCUT2D eigenvalue weighted by Gasteiger charge is 2.48. The first-order valence-electron chi connectivity index (χ1n) is 7.88. The Morgan fingerprint density at radius 2 is 2.04 bits per heavy atom. The van der Waals surface area contributed by atoms with E-state index in [2.05, 4.69) is 10.3 Å². The summed E-state index contributed by atoms with van der Waals surface area (Å²) in [6.07, 6.45) is -0.624. The van der Waals surface area contributed by atoms with Gasteiger partial charge in [-0.3, -0.25) is 9.69 Å². The molecule has 0 saturated carbocycles. The van der Waals surface area contributed by atoms with Gasteiger partial charge in [-0.25, -0.2) is 14.6 Å². The topological polar surface area (TPSA) is 121 Å². The lowest BCUT2D eigenvalue weighted by Gasteiger charge is -2.35. The largest absolute Gasteiger partial charge is 0.480 e. The molecule has 2 N–H and O–H groups in total. The Hall–Kier alpha value is -3.04. The van der Waals surface area contributed by atoms with Gasteiger partial charge in [-0.05, 0) is 12.1 Å². The van der Waals surface area contributed by atoms with Gasteiger partial charge in [0.15, 0.2) is 18.2 Å². The molecule has 0 bridgehead atoms. The van der Waals surface area contributed by atoms with Gasteiger partial charge in [0.05, 0.1) is 6.54 Å². The highest BCUT2D eigenvalue weighted by atomic mass is 16.6. The Bertz CT molecular complexity index is 758. The van der Waals surface area contributed by atoms with Crippen LogP contribution < -0.4 is 15.0 Å². The summed E-state index contributed by atoms with van der Waals surface area (Å²) in [5.74, 6) is 0.759. The summed E-state index contributed by atoms with van der Waals surface area (Å²) in [7, 11) is 0. The summed E-state index contributed by atoms with van der Waals surface area (Å²) >= 11 is 0. The second-order valence-corrected chi connectivity index (χ2v) is 6.26. The molecule has 10 heteroatoms. The maximum atomic E-state index is 12.3. The van der Waals surface area contributed by atoms with E-state index < -0.39 is 17.8 Å². The molecule has 0 aliphatic carbocycles. The highest BCUT2D eigenvalue weighted by molar-refractivity contribution is 5.95. The van der Waals surface area contributed by atoms with Crippen molar-refractivity contribution >= 4 is 29.7 Å². The van der Waals surface area contributed by atoms with E-state index in [1.165, 1.54) is 9.80 Å². The Morgan fingerprint density at radius 1 is 1.28 bits per heavy atom. The summed E-state index contributed by atoms with van der Waals surface area (Å²) in [4.78, 5) is 41.7. The zero-order valence-corrected chi connectivity index (χ0v) is 13.2. The number of rotatable bonds is 1. The number of aromatic nitrogens is 1. The highest BCUT2D eigenvalue weighted by Crippen LogP contribution is 2.36. The van der Waals surface area contributed by atoms with Crippen LogP contribution in [-0.2, 0) is 9.53 Å². The van der Waals surface area contributed by atoms with E-state index in [9.17, 15) is 14.4 Å². The fourth-order valence-electron chi connectivity index (χ4n) is 3.27. The van der Waals surface area contributed by atoms with Crippen molar-refractivity contribution < 1.29 is 29.0 Å². The Balaban J connectivity index is 1.53. The minimum Gasteiger partial charge on any atom is -0.480 e. The third kappa shape index (κ3) is 2.69. The smallest absolute Gasteiger partial charge is 0.416 e. The van der Waals surface area contributed by atoms with Crippen molar-refractivity contribution in [2.45, 2.75) is 18.4 Å². The van der Waals surface area contributed by atoms with E-state index in [0.29, 0.717) is 44.0 Å². The number of anilines is 2. The molecule has 1 spiro atoms. The number of amides is 3. The Kier molecular flexibility index (Phi) is 3.41. The maximum absolute atomic E-state index is 12.3. The molecular formula is C15H16N4O6. The van der Waals surface area contributed by atoms with E-state index in [-0.39, 0.29) is 18.3 Å². The van der Waals surface area contributed by atoms with Crippen LogP contribution in [0, 0.1) is 0 Å². The first kappa shape index (κ1) is 15.5. The molecule has 0 radical (unpaired) electrons. The van der Waals surface area contributed by atoms with Gasteiger partial charge in [0.2, 0.25) is 0 Å². The quantitative estimate of drug-likeness (QED) is 0.772. The molecule has 25 heavy (non-hydrogen) atoms. The summed E-state index contributed by atoms with van der Waals surface area (Å²) in [5.41, 5.74) is -0.708. The van der Waals surface area contributed by atoms with Gasteiger partial charge >= 0.3 is 12.2 Å². The molecule has 2 fully saturated rings. The fourth-order valence-corrected chi connectivity index (χ4v) is 3.27. The van der Waals surface area contributed by atoms with E-state index in [1.54, 1.807) is 12.1 Å². The summed E-state index contributed by atoms with van der Waals surface area (Å²) in [6, 6.07) is 3.27. The third-order valence-electron chi connectivity index (χ3n) is 4.65.